The molecule has 7 heteroatoms. The number of rotatable bonds is 1. The van der Waals surface area contributed by atoms with E-state index in [0.717, 1.165) is 5.69 Å². The number of carbonyl (C=O) groups is 2. The summed E-state index contributed by atoms with van der Waals surface area (Å²) >= 11 is 0. The maximum atomic E-state index is 12.6. The second kappa shape index (κ2) is 5.06. The number of nitrogens with one attached hydrogen (secondary N) is 1. The summed E-state index contributed by atoms with van der Waals surface area (Å²) in [7, 11) is 0. The lowest BCUT2D eigenvalue weighted by Crippen LogP contribution is -2.53. The molecule has 0 atom stereocenters. The normalized spacial score (nSPS) is 20.2. The number of furan rings is 1. The van der Waals surface area contributed by atoms with E-state index in [1.807, 2.05) is 19.1 Å². The molecule has 1 spiro atoms. The van der Waals surface area contributed by atoms with Crippen molar-refractivity contribution in [3.8, 4) is 0 Å². The fourth-order valence-corrected chi connectivity index (χ4v) is 3.16. The van der Waals surface area contributed by atoms with Crippen molar-refractivity contribution in [2.75, 3.05) is 19.7 Å². The van der Waals surface area contributed by atoms with Gasteiger partial charge in [0.2, 0.25) is 5.91 Å². The lowest BCUT2D eigenvalue weighted by molar-refractivity contribution is -0.119. The average Bonchev–Trinajstić information content (AvgIpc) is 3.11. The molecule has 0 bridgehead atoms. The Morgan fingerprint density at radius 2 is 2.13 bits per heavy atom. The van der Waals surface area contributed by atoms with Crippen molar-refractivity contribution in [3.63, 3.8) is 0 Å². The number of carbonyl (C=O) groups excluding carboxylic acids is 2. The summed E-state index contributed by atoms with van der Waals surface area (Å²) < 4.78 is 11.2. The molecule has 1 N–H and O–H groups in total. The van der Waals surface area contributed by atoms with Crippen LogP contribution in [-0.4, -0.2) is 47.1 Å². The SMILES string of the molecule is Cc1ccc2oc(C(=O)N3CCC4(CC3)NC(=O)CO4)cc2n1. The molecule has 2 saturated heterocycles. The second-order valence-corrected chi connectivity index (χ2v) is 6.07. The fraction of sp³-hybridized carbons (Fsp3) is 0.438. The molecule has 2 fully saturated rings. The van der Waals surface area contributed by atoms with Gasteiger partial charge < -0.3 is 19.4 Å². The number of aryl methyl sites for hydroxylation is 1. The molecule has 0 aliphatic carbocycles. The van der Waals surface area contributed by atoms with Gasteiger partial charge in [0, 0.05) is 37.7 Å². The van der Waals surface area contributed by atoms with E-state index >= 15 is 0 Å². The van der Waals surface area contributed by atoms with Gasteiger partial charge in [-0.3, -0.25) is 9.59 Å². The molecule has 2 aromatic rings. The number of nitrogens with zero attached hydrogens (tertiary/aromatic N) is 2. The number of amides is 2. The van der Waals surface area contributed by atoms with Crippen molar-refractivity contribution < 1.29 is 18.7 Å². The number of ether oxygens (including phenoxy) is 1. The molecule has 0 aromatic carbocycles. The van der Waals surface area contributed by atoms with E-state index in [-0.39, 0.29) is 18.4 Å². The monoisotopic (exact) mass is 315 g/mol. The highest BCUT2D eigenvalue weighted by atomic mass is 16.5. The van der Waals surface area contributed by atoms with Crippen molar-refractivity contribution >= 4 is 22.9 Å². The van der Waals surface area contributed by atoms with E-state index in [1.54, 1.807) is 11.0 Å². The van der Waals surface area contributed by atoms with Gasteiger partial charge >= 0.3 is 0 Å². The number of likely N-dealkylation sites (tertiary alicyclic amines) is 1. The van der Waals surface area contributed by atoms with Crippen molar-refractivity contribution in [3.05, 3.63) is 29.7 Å². The van der Waals surface area contributed by atoms with Crippen molar-refractivity contribution in [1.29, 1.82) is 0 Å². The highest BCUT2D eigenvalue weighted by Crippen LogP contribution is 2.28. The summed E-state index contributed by atoms with van der Waals surface area (Å²) in [5, 5.41) is 2.86. The first-order valence-electron chi connectivity index (χ1n) is 7.66. The van der Waals surface area contributed by atoms with Crippen molar-refractivity contribution in [2.24, 2.45) is 0 Å². The molecule has 4 heterocycles. The van der Waals surface area contributed by atoms with E-state index in [1.165, 1.54) is 0 Å². The highest BCUT2D eigenvalue weighted by molar-refractivity contribution is 5.95. The average molecular weight is 315 g/mol. The summed E-state index contributed by atoms with van der Waals surface area (Å²) in [5.41, 5.74) is 1.58. The maximum Gasteiger partial charge on any atom is 0.289 e. The second-order valence-electron chi connectivity index (χ2n) is 6.07. The Kier molecular flexibility index (Phi) is 3.12. The van der Waals surface area contributed by atoms with E-state index < -0.39 is 5.72 Å². The van der Waals surface area contributed by atoms with Crippen molar-refractivity contribution in [2.45, 2.75) is 25.5 Å². The molecule has 23 heavy (non-hydrogen) atoms. The van der Waals surface area contributed by atoms with Crippen LogP contribution in [0.3, 0.4) is 0 Å². The van der Waals surface area contributed by atoms with Gasteiger partial charge in [-0.15, -0.1) is 0 Å². The summed E-state index contributed by atoms with van der Waals surface area (Å²) in [4.78, 5) is 30.0. The standard InChI is InChI=1S/C16H17N3O4/c1-10-2-3-12-11(17-10)8-13(23-12)15(21)19-6-4-16(5-7-19)18-14(20)9-22-16/h2-3,8H,4-7,9H2,1H3,(H,18,20). The van der Waals surface area contributed by atoms with Gasteiger partial charge in [0.05, 0.1) is 0 Å². The first-order chi connectivity index (χ1) is 11.0. The van der Waals surface area contributed by atoms with E-state index in [2.05, 4.69) is 10.3 Å². The topological polar surface area (TPSA) is 84.7 Å². The third-order valence-electron chi connectivity index (χ3n) is 4.43. The lowest BCUT2D eigenvalue weighted by atomic mass is 10.0. The number of pyridine rings is 1. The smallest absolute Gasteiger partial charge is 0.289 e. The van der Waals surface area contributed by atoms with Gasteiger partial charge in [-0.1, -0.05) is 0 Å². The van der Waals surface area contributed by atoms with Crippen LogP contribution in [0.15, 0.2) is 22.6 Å². The van der Waals surface area contributed by atoms with Crippen LogP contribution in [0, 0.1) is 6.92 Å². The third kappa shape index (κ3) is 2.46. The predicted octanol–water partition coefficient (Wildman–Crippen LogP) is 1.21. The molecule has 4 rings (SSSR count). The van der Waals surface area contributed by atoms with Crippen LogP contribution >= 0.6 is 0 Å². The van der Waals surface area contributed by atoms with Crippen LogP contribution < -0.4 is 5.32 Å². The summed E-state index contributed by atoms with van der Waals surface area (Å²) in [6, 6.07) is 5.36. The maximum absolute atomic E-state index is 12.6. The molecule has 7 nitrogen and oxygen atoms in total. The third-order valence-corrected chi connectivity index (χ3v) is 4.43. The van der Waals surface area contributed by atoms with Crippen LogP contribution in [0.1, 0.15) is 29.1 Å². The van der Waals surface area contributed by atoms with Gasteiger partial charge in [0.1, 0.15) is 17.8 Å². The quantitative estimate of drug-likeness (QED) is 0.855. The number of piperidine rings is 1. The Labute approximate surface area is 132 Å². The zero-order valence-electron chi connectivity index (χ0n) is 12.8. The van der Waals surface area contributed by atoms with Crippen molar-refractivity contribution in [1.82, 2.24) is 15.2 Å². The lowest BCUT2D eigenvalue weighted by Gasteiger charge is -2.37. The minimum absolute atomic E-state index is 0.0940. The molecule has 0 saturated carbocycles. The van der Waals surface area contributed by atoms with Crippen LogP contribution in [-0.2, 0) is 9.53 Å². The Balaban J connectivity index is 1.50. The largest absolute Gasteiger partial charge is 0.449 e. The number of fused-ring (bicyclic) bond motifs is 1. The minimum atomic E-state index is -0.597. The fourth-order valence-electron chi connectivity index (χ4n) is 3.16. The van der Waals surface area contributed by atoms with Gasteiger partial charge in [-0.25, -0.2) is 4.98 Å². The van der Waals surface area contributed by atoms with E-state index in [9.17, 15) is 9.59 Å². The van der Waals surface area contributed by atoms with Gasteiger partial charge in [0.15, 0.2) is 11.3 Å². The molecule has 2 aliphatic rings. The Morgan fingerprint density at radius 3 is 2.83 bits per heavy atom. The van der Waals surface area contributed by atoms with Crippen LogP contribution in [0.5, 0.6) is 0 Å². The van der Waals surface area contributed by atoms with Gasteiger partial charge in [-0.2, -0.15) is 0 Å². The highest BCUT2D eigenvalue weighted by Gasteiger charge is 2.42. The molecule has 2 aromatic heterocycles. The predicted molar refractivity (Wildman–Crippen MR) is 80.7 cm³/mol. The Morgan fingerprint density at radius 1 is 1.35 bits per heavy atom. The number of aromatic nitrogens is 1. The Hall–Kier alpha value is -2.41. The molecule has 2 amide bonds. The Bertz CT molecular complexity index is 790. The first-order valence-corrected chi connectivity index (χ1v) is 7.66. The van der Waals surface area contributed by atoms with Crippen LogP contribution in [0.2, 0.25) is 0 Å². The molecular formula is C16H17N3O4. The molecular weight excluding hydrogens is 298 g/mol. The molecule has 120 valence electrons. The van der Waals surface area contributed by atoms with Crippen LogP contribution in [0.4, 0.5) is 0 Å². The molecule has 0 radical (unpaired) electrons. The summed E-state index contributed by atoms with van der Waals surface area (Å²) in [6.45, 7) is 3.03. The first kappa shape index (κ1) is 14.2. The summed E-state index contributed by atoms with van der Waals surface area (Å²) in [6.07, 6.45) is 1.17. The van der Waals surface area contributed by atoms with Gasteiger partial charge in [-0.05, 0) is 19.1 Å². The number of hydrogen-bond acceptors (Lipinski definition) is 5. The molecule has 0 unspecified atom stereocenters. The minimum Gasteiger partial charge on any atom is -0.449 e. The van der Waals surface area contributed by atoms with Crippen LogP contribution in [0.25, 0.3) is 11.1 Å². The van der Waals surface area contributed by atoms with E-state index in [0.29, 0.717) is 42.8 Å². The number of hydrogen-bond donors (Lipinski definition) is 1. The summed E-state index contributed by atoms with van der Waals surface area (Å²) in [5.74, 6) is 0.0498. The van der Waals surface area contributed by atoms with Gasteiger partial charge in [0.25, 0.3) is 5.91 Å². The zero-order chi connectivity index (χ0) is 16.0. The zero-order valence-corrected chi connectivity index (χ0v) is 12.8. The molecule has 2 aliphatic heterocycles. The van der Waals surface area contributed by atoms with E-state index in [4.69, 9.17) is 9.15 Å².